The number of carbonyl (C=O) groups excluding carboxylic acids is 5. The summed E-state index contributed by atoms with van der Waals surface area (Å²) in [7, 11) is -8.15. The first-order chi connectivity index (χ1) is 21.4. The number of hydrogen-bond donors (Lipinski definition) is 0. The second-order valence-corrected chi connectivity index (χ2v) is 14.6. The minimum atomic E-state index is -4.13. The Labute approximate surface area is 269 Å². The molecule has 2 heterocycles. The molecule has 0 N–H and O–H groups in total. The van der Waals surface area contributed by atoms with E-state index in [1.165, 1.54) is 68.5 Å². The van der Waals surface area contributed by atoms with Crippen molar-refractivity contribution in [3.63, 3.8) is 0 Å². The molecule has 14 heteroatoms. The number of imide groups is 2. The van der Waals surface area contributed by atoms with Gasteiger partial charge in [-0.25, -0.2) is 16.8 Å². The monoisotopic (exact) mass is 680 g/mol. The Morgan fingerprint density at radius 2 is 0.956 bits per heavy atom. The number of nitrogens with zero attached hydrogens (tertiary/aromatic N) is 2. The topological polar surface area (TPSA) is 160 Å². The summed E-state index contributed by atoms with van der Waals surface area (Å²) in [6.07, 6.45) is 9.85. The molecule has 244 valence electrons. The highest BCUT2D eigenvalue weighted by atomic mass is 35.5. The van der Waals surface area contributed by atoms with Crippen molar-refractivity contribution in [2.45, 2.75) is 100 Å². The summed E-state index contributed by atoms with van der Waals surface area (Å²) in [4.78, 5) is 58.7. The van der Waals surface area contributed by atoms with Crippen LogP contribution in [0.2, 0.25) is 0 Å². The molecule has 2 aliphatic rings. The predicted molar refractivity (Wildman–Crippen MR) is 166 cm³/mol. The standard InChI is InChI=1S/C19H27NO4S.C12H10ClNO5S/c1-2-3-4-5-6-7-8-9-10-15-18(21)20-19(22)16-13-11-12-14-17(16)25(20,23)24;13-10(15)6-3-7-11(16)14-12(17)8-4-1-2-5-9(8)20(14,18)19/h11-14H,2-10,15H2,1H3;1-2,4-5H,3,6-7H2. The van der Waals surface area contributed by atoms with E-state index < -0.39 is 48.9 Å². The van der Waals surface area contributed by atoms with Crippen LogP contribution in [0.15, 0.2) is 58.3 Å². The number of fused-ring (bicyclic) bond motifs is 2. The van der Waals surface area contributed by atoms with E-state index in [1.807, 2.05) is 0 Å². The number of benzene rings is 2. The normalized spacial score (nSPS) is 15.7. The van der Waals surface area contributed by atoms with E-state index in [1.54, 1.807) is 12.1 Å². The zero-order valence-electron chi connectivity index (χ0n) is 25.1. The van der Waals surface area contributed by atoms with Crippen LogP contribution in [0, 0.1) is 0 Å². The zero-order chi connectivity index (χ0) is 33.2. The van der Waals surface area contributed by atoms with Gasteiger partial charge in [0.1, 0.15) is 9.79 Å². The average Bonchev–Trinajstić information content (AvgIpc) is 3.33. The predicted octanol–water partition coefficient (Wildman–Crippen LogP) is 5.57. The zero-order valence-corrected chi connectivity index (χ0v) is 27.5. The quantitative estimate of drug-likeness (QED) is 0.183. The lowest BCUT2D eigenvalue weighted by molar-refractivity contribution is -0.125. The molecule has 0 radical (unpaired) electrons. The summed E-state index contributed by atoms with van der Waals surface area (Å²) in [5, 5.41) is -0.614. The Morgan fingerprint density at radius 1 is 0.578 bits per heavy atom. The molecule has 0 atom stereocenters. The minimum absolute atomic E-state index is 0.0192. The molecule has 0 saturated carbocycles. The molecule has 0 unspecified atom stereocenters. The third-order valence-corrected chi connectivity index (χ3v) is 11.1. The first-order valence-corrected chi connectivity index (χ1v) is 18.2. The van der Waals surface area contributed by atoms with Gasteiger partial charge in [-0.1, -0.05) is 82.6 Å². The summed E-state index contributed by atoms with van der Waals surface area (Å²) >= 11 is 5.13. The molecular weight excluding hydrogens is 644 g/mol. The summed E-state index contributed by atoms with van der Waals surface area (Å²) in [6, 6.07) is 11.6. The second kappa shape index (κ2) is 16.2. The summed E-state index contributed by atoms with van der Waals surface area (Å²) in [5.74, 6) is -3.06. The van der Waals surface area contributed by atoms with Crippen molar-refractivity contribution in [2.24, 2.45) is 0 Å². The van der Waals surface area contributed by atoms with E-state index in [0.29, 0.717) is 10.7 Å². The molecule has 0 aromatic heterocycles. The van der Waals surface area contributed by atoms with Gasteiger partial charge in [0.15, 0.2) is 0 Å². The molecule has 4 amide bonds. The molecule has 11 nitrogen and oxygen atoms in total. The molecule has 45 heavy (non-hydrogen) atoms. The van der Waals surface area contributed by atoms with Gasteiger partial charge in [0.05, 0.1) is 11.1 Å². The molecule has 2 aliphatic heterocycles. The third kappa shape index (κ3) is 8.65. The summed E-state index contributed by atoms with van der Waals surface area (Å²) < 4.78 is 49.7. The van der Waals surface area contributed by atoms with Gasteiger partial charge in [0.25, 0.3) is 31.9 Å². The number of halogens is 1. The molecule has 4 rings (SSSR count). The van der Waals surface area contributed by atoms with Crippen LogP contribution >= 0.6 is 11.6 Å². The highest BCUT2D eigenvalue weighted by Crippen LogP contribution is 2.32. The lowest BCUT2D eigenvalue weighted by Gasteiger charge is -2.12. The highest BCUT2D eigenvalue weighted by Gasteiger charge is 2.45. The Bertz CT molecular complexity index is 1660. The van der Waals surface area contributed by atoms with Crippen molar-refractivity contribution in [3.8, 4) is 0 Å². The minimum Gasteiger partial charge on any atom is -0.281 e. The largest absolute Gasteiger partial charge is 0.281 e. The average molecular weight is 681 g/mol. The maximum atomic E-state index is 12.4. The number of carbonyl (C=O) groups is 5. The van der Waals surface area contributed by atoms with Crippen LogP contribution in [0.25, 0.3) is 0 Å². The molecule has 0 aliphatic carbocycles. The van der Waals surface area contributed by atoms with Crippen LogP contribution in [0.5, 0.6) is 0 Å². The number of amides is 4. The maximum absolute atomic E-state index is 12.4. The Hall–Kier alpha value is -3.42. The van der Waals surface area contributed by atoms with Gasteiger partial charge >= 0.3 is 0 Å². The lowest BCUT2D eigenvalue weighted by Crippen LogP contribution is -2.36. The molecule has 0 fully saturated rings. The lowest BCUT2D eigenvalue weighted by atomic mass is 10.1. The highest BCUT2D eigenvalue weighted by molar-refractivity contribution is 7.91. The Balaban J connectivity index is 0.000000251. The molecule has 0 saturated heterocycles. The van der Waals surface area contributed by atoms with Crippen molar-refractivity contribution in [1.82, 2.24) is 8.61 Å². The van der Waals surface area contributed by atoms with Gasteiger partial charge < -0.3 is 0 Å². The van der Waals surface area contributed by atoms with E-state index in [-0.39, 0.29) is 50.9 Å². The van der Waals surface area contributed by atoms with Gasteiger partial charge in [0.2, 0.25) is 17.1 Å². The van der Waals surface area contributed by atoms with Gasteiger partial charge in [-0.3, -0.25) is 24.0 Å². The number of rotatable bonds is 14. The fraction of sp³-hybridized carbons (Fsp3) is 0.452. The second-order valence-electron chi connectivity index (χ2n) is 10.7. The number of hydrogen-bond acceptors (Lipinski definition) is 9. The van der Waals surface area contributed by atoms with Gasteiger partial charge in [0, 0.05) is 19.3 Å². The fourth-order valence-corrected chi connectivity index (χ4v) is 8.28. The van der Waals surface area contributed by atoms with E-state index in [9.17, 15) is 40.8 Å². The van der Waals surface area contributed by atoms with Crippen LogP contribution in [0.1, 0.15) is 111 Å². The molecular formula is C31H37ClN2O9S2. The van der Waals surface area contributed by atoms with Crippen molar-refractivity contribution in [3.05, 3.63) is 59.7 Å². The summed E-state index contributed by atoms with van der Waals surface area (Å²) in [6.45, 7) is 2.20. The van der Waals surface area contributed by atoms with Crippen molar-refractivity contribution >= 4 is 60.5 Å². The van der Waals surface area contributed by atoms with Gasteiger partial charge in [-0.15, -0.1) is 0 Å². The smallest absolute Gasteiger partial charge is 0.276 e. The first kappa shape index (κ1) is 36.1. The molecule has 2 aromatic carbocycles. The molecule has 0 spiro atoms. The van der Waals surface area contributed by atoms with Crippen molar-refractivity contribution in [1.29, 1.82) is 0 Å². The fourth-order valence-electron chi connectivity index (χ4n) is 5.03. The van der Waals surface area contributed by atoms with E-state index in [2.05, 4.69) is 6.92 Å². The van der Waals surface area contributed by atoms with Crippen LogP contribution in [0.4, 0.5) is 0 Å². The van der Waals surface area contributed by atoms with Crippen LogP contribution in [-0.4, -0.2) is 54.3 Å². The maximum Gasteiger partial charge on any atom is 0.276 e. The Kier molecular flexibility index (Phi) is 13.0. The summed E-state index contributed by atoms with van der Waals surface area (Å²) in [5.41, 5.74) is 0.0669. The first-order valence-electron chi connectivity index (χ1n) is 15.0. The van der Waals surface area contributed by atoms with Crippen LogP contribution < -0.4 is 0 Å². The van der Waals surface area contributed by atoms with E-state index >= 15 is 0 Å². The number of sulfonamides is 2. The van der Waals surface area contributed by atoms with Gasteiger partial charge in [-0.05, 0) is 48.7 Å². The van der Waals surface area contributed by atoms with Crippen LogP contribution in [0.3, 0.4) is 0 Å². The third-order valence-electron chi connectivity index (χ3n) is 7.35. The van der Waals surface area contributed by atoms with E-state index in [4.69, 9.17) is 11.6 Å². The van der Waals surface area contributed by atoms with Crippen molar-refractivity contribution in [2.75, 3.05) is 0 Å². The Morgan fingerprint density at radius 3 is 1.36 bits per heavy atom. The number of unbranched alkanes of at least 4 members (excludes halogenated alkanes) is 8. The van der Waals surface area contributed by atoms with Crippen molar-refractivity contribution < 1.29 is 40.8 Å². The van der Waals surface area contributed by atoms with Crippen LogP contribution in [-0.2, 0) is 34.4 Å². The molecule has 2 aromatic rings. The SMILES string of the molecule is CCCCCCCCCCCC(=O)N1C(=O)c2ccccc2S1(=O)=O.O=C(Cl)CCCC(=O)N1C(=O)c2ccccc2S1(=O)=O. The van der Waals surface area contributed by atoms with E-state index in [0.717, 1.165) is 19.3 Å². The van der Waals surface area contributed by atoms with Gasteiger partial charge in [-0.2, -0.15) is 8.61 Å². The molecule has 0 bridgehead atoms.